The lowest BCUT2D eigenvalue weighted by molar-refractivity contribution is 0.0697. The minimum atomic E-state index is -4.13. The molecule has 1 heterocycles. The molecule has 174 valence electrons. The number of methoxy groups -OCH3 is 1. The van der Waals surface area contributed by atoms with Gasteiger partial charge >= 0.3 is 0 Å². The Bertz CT molecular complexity index is 1070. The summed E-state index contributed by atoms with van der Waals surface area (Å²) < 4.78 is 64.7. The molecule has 0 N–H and O–H groups in total. The number of carbonyl (C=O) groups is 1. The summed E-state index contributed by atoms with van der Waals surface area (Å²) in [7, 11) is -2.64. The summed E-state index contributed by atoms with van der Waals surface area (Å²) in [6.07, 6.45) is 1.90. The van der Waals surface area contributed by atoms with Gasteiger partial charge in [-0.25, -0.2) is 17.2 Å². The van der Waals surface area contributed by atoms with E-state index in [4.69, 9.17) is 9.47 Å². The molecule has 0 saturated carbocycles. The largest absolute Gasteiger partial charge is 0.493 e. The number of piperazine rings is 1. The number of benzene rings is 2. The van der Waals surface area contributed by atoms with Gasteiger partial charge in [-0.3, -0.25) is 4.79 Å². The highest BCUT2D eigenvalue weighted by molar-refractivity contribution is 7.89. The smallest absolute Gasteiger partial charge is 0.254 e. The van der Waals surface area contributed by atoms with E-state index < -0.39 is 26.6 Å². The van der Waals surface area contributed by atoms with Crippen LogP contribution in [0.5, 0.6) is 11.5 Å². The van der Waals surface area contributed by atoms with Crippen LogP contribution in [0, 0.1) is 11.6 Å². The fraction of sp³-hybridized carbons (Fsp3) is 0.409. The predicted molar refractivity (Wildman–Crippen MR) is 114 cm³/mol. The van der Waals surface area contributed by atoms with Gasteiger partial charge in [0.15, 0.2) is 11.5 Å². The van der Waals surface area contributed by atoms with Crippen molar-refractivity contribution >= 4 is 15.9 Å². The Morgan fingerprint density at radius 3 is 2.38 bits per heavy atom. The Labute approximate surface area is 186 Å². The zero-order valence-electron chi connectivity index (χ0n) is 18.0. The van der Waals surface area contributed by atoms with Crippen LogP contribution in [0.25, 0.3) is 0 Å². The first kappa shape index (κ1) is 23.9. The average molecular weight is 469 g/mol. The predicted octanol–water partition coefficient (Wildman–Crippen LogP) is 3.30. The summed E-state index contributed by atoms with van der Waals surface area (Å²) in [6, 6.07) is 7.27. The summed E-state index contributed by atoms with van der Waals surface area (Å²) >= 11 is 0. The van der Waals surface area contributed by atoms with Crippen LogP contribution in [-0.2, 0) is 10.0 Å². The van der Waals surface area contributed by atoms with Gasteiger partial charge in [0.25, 0.3) is 5.91 Å². The number of nitrogens with zero attached hydrogens (tertiary/aromatic N) is 2. The maximum atomic E-state index is 14.0. The van der Waals surface area contributed by atoms with E-state index in [1.165, 1.54) is 12.0 Å². The van der Waals surface area contributed by atoms with E-state index in [-0.39, 0.29) is 32.1 Å². The van der Waals surface area contributed by atoms with Gasteiger partial charge < -0.3 is 14.4 Å². The molecule has 1 amide bonds. The first-order valence-electron chi connectivity index (χ1n) is 10.3. The van der Waals surface area contributed by atoms with Crippen molar-refractivity contribution in [1.29, 1.82) is 0 Å². The van der Waals surface area contributed by atoms with Crippen molar-refractivity contribution in [3.05, 3.63) is 53.6 Å². The van der Waals surface area contributed by atoms with Crippen LogP contribution in [0.4, 0.5) is 8.78 Å². The van der Waals surface area contributed by atoms with Gasteiger partial charge in [-0.2, -0.15) is 4.31 Å². The number of hydrogen-bond donors (Lipinski definition) is 0. The molecule has 2 aromatic carbocycles. The van der Waals surface area contributed by atoms with Crippen molar-refractivity contribution in [2.45, 2.75) is 24.7 Å². The van der Waals surface area contributed by atoms with Crippen molar-refractivity contribution in [2.75, 3.05) is 39.9 Å². The quantitative estimate of drug-likeness (QED) is 0.556. The van der Waals surface area contributed by atoms with Gasteiger partial charge in [-0.05, 0) is 36.8 Å². The van der Waals surface area contributed by atoms with Crippen molar-refractivity contribution in [3.8, 4) is 11.5 Å². The number of unbranched alkanes of at least 4 members (excludes halogenated alkanes) is 1. The lowest BCUT2D eigenvalue weighted by Gasteiger charge is -2.34. The highest BCUT2D eigenvalue weighted by Crippen LogP contribution is 2.29. The van der Waals surface area contributed by atoms with Crippen molar-refractivity contribution in [2.24, 2.45) is 0 Å². The normalized spacial score (nSPS) is 14.9. The topological polar surface area (TPSA) is 76.2 Å². The second kappa shape index (κ2) is 10.3. The average Bonchev–Trinajstić information content (AvgIpc) is 2.78. The number of sulfonamides is 1. The molecule has 0 atom stereocenters. The van der Waals surface area contributed by atoms with Crippen molar-refractivity contribution in [3.63, 3.8) is 0 Å². The molecule has 0 aliphatic carbocycles. The molecule has 10 heteroatoms. The van der Waals surface area contributed by atoms with Crippen molar-refractivity contribution in [1.82, 2.24) is 9.21 Å². The standard InChI is InChI=1S/C22H26F2N2O5S/c1-3-4-13-31-19-7-5-16(14-20(19)30-2)22(27)25-9-11-26(12-10-25)32(28,29)21-8-6-17(23)15-18(21)24/h5-8,14-15H,3-4,9-13H2,1-2H3. The van der Waals surface area contributed by atoms with Crippen LogP contribution in [-0.4, -0.2) is 63.4 Å². The molecule has 1 fully saturated rings. The van der Waals surface area contributed by atoms with E-state index in [0.29, 0.717) is 29.7 Å². The minimum Gasteiger partial charge on any atom is -0.493 e. The molecular weight excluding hydrogens is 442 g/mol. The Morgan fingerprint density at radius 1 is 1.03 bits per heavy atom. The molecule has 1 aliphatic rings. The third kappa shape index (κ3) is 5.18. The van der Waals surface area contributed by atoms with E-state index in [9.17, 15) is 22.0 Å². The van der Waals surface area contributed by atoms with Gasteiger partial charge in [-0.15, -0.1) is 0 Å². The Balaban J connectivity index is 1.67. The molecule has 32 heavy (non-hydrogen) atoms. The second-order valence-electron chi connectivity index (χ2n) is 7.34. The van der Waals surface area contributed by atoms with E-state index >= 15 is 0 Å². The lowest BCUT2D eigenvalue weighted by Crippen LogP contribution is -2.50. The van der Waals surface area contributed by atoms with Gasteiger partial charge in [-0.1, -0.05) is 13.3 Å². The summed E-state index contributed by atoms with van der Waals surface area (Å²) in [4.78, 5) is 13.9. The van der Waals surface area contributed by atoms with Crippen LogP contribution in [0.2, 0.25) is 0 Å². The monoisotopic (exact) mass is 468 g/mol. The molecule has 3 rings (SSSR count). The maximum absolute atomic E-state index is 14.0. The van der Waals surface area contributed by atoms with Gasteiger partial charge in [0.1, 0.15) is 16.5 Å². The minimum absolute atomic E-state index is 0.000235. The number of ether oxygens (including phenoxy) is 2. The zero-order chi connectivity index (χ0) is 23.3. The number of amides is 1. The first-order valence-corrected chi connectivity index (χ1v) is 11.8. The van der Waals surface area contributed by atoms with Crippen LogP contribution >= 0.6 is 0 Å². The molecule has 0 aromatic heterocycles. The number of halogens is 2. The molecule has 0 bridgehead atoms. The third-order valence-electron chi connectivity index (χ3n) is 5.20. The number of rotatable bonds is 8. The lowest BCUT2D eigenvalue weighted by atomic mass is 10.1. The fourth-order valence-corrected chi connectivity index (χ4v) is 4.85. The third-order valence-corrected chi connectivity index (χ3v) is 7.14. The maximum Gasteiger partial charge on any atom is 0.254 e. The number of carbonyl (C=O) groups excluding carboxylic acids is 1. The van der Waals surface area contributed by atoms with E-state index in [1.807, 2.05) is 0 Å². The van der Waals surface area contributed by atoms with Crippen molar-refractivity contribution < 1.29 is 31.5 Å². The van der Waals surface area contributed by atoms with Gasteiger partial charge in [0, 0.05) is 37.8 Å². The fourth-order valence-electron chi connectivity index (χ4n) is 3.38. The number of hydrogen-bond acceptors (Lipinski definition) is 5. The zero-order valence-corrected chi connectivity index (χ0v) is 18.8. The molecule has 0 unspecified atom stereocenters. The highest BCUT2D eigenvalue weighted by atomic mass is 32.2. The molecule has 1 saturated heterocycles. The summed E-state index contributed by atoms with van der Waals surface area (Å²) in [5.74, 6) is -1.27. The molecule has 7 nitrogen and oxygen atoms in total. The SMILES string of the molecule is CCCCOc1ccc(C(=O)N2CCN(S(=O)(=O)c3ccc(F)cc3F)CC2)cc1OC. The van der Waals surface area contributed by atoms with Crippen LogP contribution in [0.3, 0.4) is 0 Å². The van der Waals surface area contributed by atoms with Crippen LogP contribution in [0.1, 0.15) is 30.1 Å². The van der Waals surface area contributed by atoms with Crippen LogP contribution in [0.15, 0.2) is 41.3 Å². The molecule has 2 aromatic rings. The molecule has 0 spiro atoms. The summed E-state index contributed by atoms with van der Waals surface area (Å²) in [5.41, 5.74) is 0.394. The van der Waals surface area contributed by atoms with Crippen LogP contribution < -0.4 is 9.47 Å². The molecule has 0 radical (unpaired) electrons. The molecule has 1 aliphatic heterocycles. The van der Waals surface area contributed by atoms with E-state index in [1.54, 1.807) is 18.2 Å². The van der Waals surface area contributed by atoms with E-state index in [2.05, 4.69) is 6.92 Å². The Hall–Kier alpha value is -2.72. The van der Waals surface area contributed by atoms with Gasteiger partial charge in [0.05, 0.1) is 13.7 Å². The second-order valence-corrected chi connectivity index (χ2v) is 9.25. The Morgan fingerprint density at radius 2 is 1.75 bits per heavy atom. The molecular formula is C22H26F2N2O5S. The summed E-state index contributed by atoms with van der Waals surface area (Å²) in [5, 5.41) is 0. The summed E-state index contributed by atoms with van der Waals surface area (Å²) in [6.45, 7) is 2.88. The Kier molecular flexibility index (Phi) is 7.68. The highest BCUT2D eigenvalue weighted by Gasteiger charge is 2.32. The van der Waals surface area contributed by atoms with E-state index in [0.717, 1.165) is 29.3 Å². The first-order chi connectivity index (χ1) is 15.3. The van der Waals surface area contributed by atoms with Gasteiger partial charge in [0.2, 0.25) is 10.0 Å².